The number of phenols is 1. The van der Waals surface area contributed by atoms with E-state index in [1.165, 1.54) is 6.07 Å². The van der Waals surface area contributed by atoms with Crippen molar-refractivity contribution in [1.29, 1.82) is 0 Å². The van der Waals surface area contributed by atoms with Gasteiger partial charge in [-0.3, -0.25) is 4.79 Å². The van der Waals surface area contributed by atoms with Gasteiger partial charge >= 0.3 is 5.97 Å². The van der Waals surface area contributed by atoms with E-state index in [2.05, 4.69) is 0 Å². The summed E-state index contributed by atoms with van der Waals surface area (Å²) in [5, 5.41) is 23.9. The number of carboxylic acid groups (broad SMARTS) is 1. The topological polar surface area (TPSA) is 94.8 Å². The number of carbonyl (C=O) groups excluding carboxylic acids is 1. The van der Waals surface area contributed by atoms with Crippen molar-refractivity contribution < 1.29 is 46.6 Å². The number of carbonyl (C=O) groups is 2. The molecule has 0 saturated heterocycles. The number of aliphatic hydroxyl groups excluding tert-OH is 1. The third kappa shape index (κ3) is 7.87. The Labute approximate surface area is 101 Å². The predicted octanol–water partition coefficient (Wildman–Crippen LogP) is 0.265. The van der Waals surface area contributed by atoms with Gasteiger partial charge in [0.15, 0.2) is 6.29 Å². The van der Waals surface area contributed by atoms with Crippen LogP contribution in [0.15, 0.2) is 24.3 Å². The number of hydrogen-bond donors (Lipinski definition) is 3. The molecule has 0 aliphatic heterocycles. The number of aldehydes is 1. The maximum atomic E-state index is 10.1. The first-order valence-corrected chi connectivity index (χ1v) is 3.67. The van der Waals surface area contributed by atoms with Crippen molar-refractivity contribution in [3.05, 3.63) is 29.8 Å². The van der Waals surface area contributed by atoms with Crippen molar-refractivity contribution in [3.63, 3.8) is 0 Å². The Kier molecular flexibility index (Phi) is 10.2. The Morgan fingerprint density at radius 3 is 2.07 bits per heavy atom. The van der Waals surface area contributed by atoms with Crippen LogP contribution in [0.5, 0.6) is 5.75 Å². The number of phenolic OH excluding ortho intramolecular Hbond substituents is 1. The first-order valence-electron chi connectivity index (χ1n) is 3.67. The van der Waals surface area contributed by atoms with Gasteiger partial charge in [-0.05, 0) is 12.1 Å². The van der Waals surface area contributed by atoms with Gasteiger partial charge < -0.3 is 15.3 Å². The van der Waals surface area contributed by atoms with Crippen molar-refractivity contribution >= 4 is 12.3 Å². The maximum absolute atomic E-state index is 10.1. The first-order chi connectivity index (χ1) is 6.61. The molecular formula is C9H10O5Ti. The van der Waals surface area contributed by atoms with Crippen molar-refractivity contribution in [2.75, 3.05) is 6.61 Å². The number of rotatable bonds is 2. The van der Waals surface area contributed by atoms with Crippen LogP contribution < -0.4 is 0 Å². The molecule has 0 heterocycles. The van der Waals surface area contributed by atoms with E-state index in [0.717, 1.165) is 0 Å². The summed E-state index contributed by atoms with van der Waals surface area (Å²) in [6, 6.07) is 6.40. The van der Waals surface area contributed by atoms with Crippen LogP contribution in [0.3, 0.4) is 0 Å². The van der Waals surface area contributed by atoms with E-state index < -0.39 is 12.6 Å². The van der Waals surface area contributed by atoms with E-state index >= 15 is 0 Å². The minimum atomic E-state index is -1.19. The van der Waals surface area contributed by atoms with Crippen molar-refractivity contribution in [3.8, 4) is 5.75 Å². The molecule has 0 aliphatic carbocycles. The third-order valence-electron chi connectivity index (χ3n) is 1.20. The van der Waals surface area contributed by atoms with E-state index in [4.69, 9.17) is 20.1 Å². The van der Waals surface area contributed by atoms with Crippen LogP contribution >= 0.6 is 0 Å². The minimum Gasteiger partial charge on any atom is -0.507 e. The van der Waals surface area contributed by atoms with Gasteiger partial charge in [0.05, 0.1) is 5.56 Å². The van der Waals surface area contributed by atoms with Gasteiger partial charge in [-0.25, -0.2) is 4.79 Å². The normalized spacial score (nSPS) is 7.80. The third-order valence-corrected chi connectivity index (χ3v) is 1.20. The molecule has 0 fully saturated rings. The van der Waals surface area contributed by atoms with Gasteiger partial charge in [0.2, 0.25) is 0 Å². The first kappa shape index (κ1) is 16.3. The fourth-order valence-corrected chi connectivity index (χ4v) is 0.587. The van der Waals surface area contributed by atoms with Crippen LogP contribution in [0.1, 0.15) is 10.4 Å². The summed E-state index contributed by atoms with van der Waals surface area (Å²) in [6.07, 6.45) is 0.620. The molecular weight excluding hydrogens is 236 g/mol. The molecule has 1 rings (SSSR count). The zero-order valence-corrected chi connectivity index (χ0v) is 9.31. The molecule has 0 saturated carbocycles. The number of aliphatic carboxylic acids is 1. The van der Waals surface area contributed by atoms with Gasteiger partial charge in [-0.2, -0.15) is 0 Å². The van der Waals surface area contributed by atoms with Gasteiger partial charge in [-0.1, -0.05) is 12.1 Å². The second-order valence-electron chi connectivity index (χ2n) is 2.23. The Hall–Kier alpha value is -1.17. The SMILES string of the molecule is O=C(O)CO.O=Cc1ccccc1O.[Ti]. The number of aliphatic hydroxyl groups is 1. The predicted molar refractivity (Wildman–Crippen MR) is 48.2 cm³/mol. The van der Waals surface area contributed by atoms with Gasteiger partial charge in [0.25, 0.3) is 0 Å². The summed E-state index contributed by atoms with van der Waals surface area (Å²) in [5.74, 6) is -1.16. The van der Waals surface area contributed by atoms with E-state index in [0.29, 0.717) is 11.8 Å². The van der Waals surface area contributed by atoms with E-state index in [9.17, 15) is 4.79 Å². The molecule has 15 heavy (non-hydrogen) atoms. The molecule has 1 aromatic rings. The zero-order chi connectivity index (χ0) is 11.0. The average Bonchev–Trinajstić information content (AvgIpc) is 2.19. The molecule has 0 bridgehead atoms. The fourth-order valence-electron chi connectivity index (χ4n) is 0.587. The number of carboxylic acids is 1. The molecule has 80 valence electrons. The number of benzene rings is 1. The van der Waals surface area contributed by atoms with E-state index in [1.807, 2.05) is 0 Å². The van der Waals surface area contributed by atoms with E-state index in [1.54, 1.807) is 18.2 Å². The van der Waals surface area contributed by atoms with Crippen LogP contribution in [0.25, 0.3) is 0 Å². The van der Waals surface area contributed by atoms with Crippen molar-refractivity contribution in [2.45, 2.75) is 0 Å². The Bertz CT molecular complexity index is 313. The van der Waals surface area contributed by atoms with Crippen LogP contribution in [0.4, 0.5) is 0 Å². The summed E-state index contributed by atoms with van der Waals surface area (Å²) in [5.41, 5.74) is 0.331. The molecule has 0 radical (unpaired) electrons. The fraction of sp³-hybridized carbons (Fsp3) is 0.111. The Balaban J connectivity index is 0. The molecule has 0 spiro atoms. The molecule has 0 aliphatic rings. The van der Waals surface area contributed by atoms with Crippen molar-refractivity contribution in [1.82, 2.24) is 0 Å². The summed E-state index contributed by atoms with van der Waals surface area (Å²) >= 11 is 0. The number of para-hydroxylation sites is 1. The summed E-state index contributed by atoms with van der Waals surface area (Å²) in [7, 11) is 0. The average molecular weight is 246 g/mol. The van der Waals surface area contributed by atoms with Gasteiger partial charge in [-0.15, -0.1) is 0 Å². The monoisotopic (exact) mass is 246 g/mol. The molecule has 0 unspecified atom stereocenters. The minimum absolute atomic E-state index is 0. The standard InChI is InChI=1S/C7H6O2.C2H4O3.Ti/c8-5-6-3-1-2-4-7(6)9;3-1-2(4)5;/h1-5,9H;3H,1H2,(H,4,5);. The molecule has 1 aromatic carbocycles. The summed E-state index contributed by atoms with van der Waals surface area (Å²) in [6.45, 7) is -0.778. The molecule has 3 N–H and O–H groups in total. The number of aromatic hydroxyl groups is 1. The van der Waals surface area contributed by atoms with Crippen LogP contribution in [0, 0.1) is 0 Å². The second-order valence-corrected chi connectivity index (χ2v) is 2.23. The zero-order valence-electron chi connectivity index (χ0n) is 7.75. The maximum Gasteiger partial charge on any atom is 0.329 e. The van der Waals surface area contributed by atoms with Gasteiger partial charge in [0, 0.05) is 21.7 Å². The van der Waals surface area contributed by atoms with Crippen LogP contribution in [0.2, 0.25) is 0 Å². The molecule has 0 amide bonds. The molecule has 6 heteroatoms. The number of hydrogen-bond acceptors (Lipinski definition) is 4. The van der Waals surface area contributed by atoms with Crippen molar-refractivity contribution in [2.24, 2.45) is 0 Å². The second kappa shape index (κ2) is 9.39. The Morgan fingerprint density at radius 2 is 1.80 bits per heavy atom. The Morgan fingerprint density at radius 1 is 1.33 bits per heavy atom. The van der Waals surface area contributed by atoms with Crippen LogP contribution in [-0.2, 0) is 26.5 Å². The molecule has 0 aromatic heterocycles. The summed E-state index contributed by atoms with van der Waals surface area (Å²) in [4.78, 5) is 19.2. The largest absolute Gasteiger partial charge is 0.507 e. The van der Waals surface area contributed by atoms with Gasteiger partial charge in [0.1, 0.15) is 12.4 Å². The quantitative estimate of drug-likeness (QED) is 0.514. The van der Waals surface area contributed by atoms with Crippen LogP contribution in [-0.4, -0.2) is 34.2 Å². The van der Waals surface area contributed by atoms with E-state index in [-0.39, 0.29) is 27.5 Å². The molecule has 0 atom stereocenters. The smallest absolute Gasteiger partial charge is 0.329 e. The molecule has 5 nitrogen and oxygen atoms in total. The summed E-state index contributed by atoms with van der Waals surface area (Å²) < 4.78 is 0.